The Balaban J connectivity index is 1.45. The molecular formula is C27H27Cl2N3. The summed E-state index contributed by atoms with van der Waals surface area (Å²) in [5, 5.41) is 2.72. The number of fused-ring (bicyclic) bond motifs is 1. The molecule has 1 fully saturated rings. The third-order valence-electron chi connectivity index (χ3n) is 6.39. The molecule has 2 aromatic heterocycles. The zero-order chi connectivity index (χ0) is 21.9. The van der Waals surface area contributed by atoms with E-state index in [0.29, 0.717) is 0 Å². The van der Waals surface area contributed by atoms with E-state index >= 15 is 0 Å². The van der Waals surface area contributed by atoms with Gasteiger partial charge in [-0.2, -0.15) is 0 Å². The Hall–Kier alpha value is -2.33. The summed E-state index contributed by atoms with van der Waals surface area (Å²) in [6.45, 7) is 4.63. The summed E-state index contributed by atoms with van der Waals surface area (Å²) in [4.78, 5) is 7.14. The van der Waals surface area contributed by atoms with Crippen LogP contribution in [0.2, 0.25) is 10.0 Å². The fraction of sp³-hybridized carbons (Fsp3) is 0.296. The van der Waals surface area contributed by atoms with Crippen LogP contribution in [-0.4, -0.2) is 34.1 Å². The minimum Gasteiger partial charge on any atom is -0.347 e. The lowest BCUT2D eigenvalue weighted by atomic mass is 10.0. The molecule has 0 spiro atoms. The van der Waals surface area contributed by atoms with Crippen LogP contribution in [0, 0.1) is 0 Å². The SMILES string of the molecule is Clc1ccc(-c2cncc(-c3cn(CCCN4CCCCC4)c4cc(Cl)ccc34)c2)cc1. The summed E-state index contributed by atoms with van der Waals surface area (Å²) >= 11 is 12.4. The number of hydrogen-bond acceptors (Lipinski definition) is 2. The fourth-order valence-corrected chi connectivity index (χ4v) is 5.01. The number of rotatable bonds is 6. The molecule has 3 heterocycles. The second-order valence-electron chi connectivity index (χ2n) is 8.62. The van der Waals surface area contributed by atoms with Crippen LogP contribution in [0.3, 0.4) is 0 Å². The molecule has 5 heteroatoms. The second kappa shape index (κ2) is 9.66. The van der Waals surface area contributed by atoms with E-state index in [1.807, 2.05) is 42.7 Å². The first-order chi connectivity index (χ1) is 15.7. The third-order valence-corrected chi connectivity index (χ3v) is 6.88. The minimum absolute atomic E-state index is 0.738. The van der Waals surface area contributed by atoms with Crippen LogP contribution in [0.1, 0.15) is 25.7 Å². The molecule has 0 atom stereocenters. The van der Waals surface area contributed by atoms with Crippen molar-refractivity contribution in [2.24, 2.45) is 0 Å². The molecule has 0 aliphatic carbocycles. The van der Waals surface area contributed by atoms with Crippen molar-refractivity contribution < 1.29 is 0 Å². The number of pyridine rings is 1. The molecule has 1 saturated heterocycles. The van der Waals surface area contributed by atoms with Crippen molar-refractivity contribution in [1.29, 1.82) is 0 Å². The highest BCUT2D eigenvalue weighted by Crippen LogP contribution is 2.34. The van der Waals surface area contributed by atoms with Gasteiger partial charge in [0.1, 0.15) is 0 Å². The van der Waals surface area contributed by atoms with E-state index in [0.717, 1.165) is 46.2 Å². The number of nitrogens with zero attached hydrogens (tertiary/aromatic N) is 3. The van der Waals surface area contributed by atoms with Crippen LogP contribution in [0.4, 0.5) is 0 Å². The Labute approximate surface area is 199 Å². The Morgan fingerprint density at radius 1 is 0.750 bits per heavy atom. The van der Waals surface area contributed by atoms with Gasteiger partial charge in [0.05, 0.1) is 5.52 Å². The van der Waals surface area contributed by atoms with Gasteiger partial charge in [-0.15, -0.1) is 0 Å². The van der Waals surface area contributed by atoms with Gasteiger partial charge in [-0.1, -0.05) is 47.8 Å². The minimum atomic E-state index is 0.738. The van der Waals surface area contributed by atoms with Gasteiger partial charge in [0.2, 0.25) is 0 Å². The van der Waals surface area contributed by atoms with E-state index < -0.39 is 0 Å². The number of halogens is 2. The monoisotopic (exact) mass is 463 g/mol. The normalized spacial score (nSPS) is 14.8. The van der Waals surface area contributed by atoms with Crippen molar-refractivity contribution in [2.75, 3.05) is 19.6 Å². The highest BCUT2D eigenvalue weighted by molar-refractivity contribution is 6.31. The molecule has 1 aliphatic heterocycles. The molecule has 0 saturated carbocycles. The fourth-order valence-electron chi connectivity index (χ4n) is 4.72. The van der Waals surface area contributed by atoms with Crippen LogP contribution in [-0.2, 0) is 6.54 Å². The van der Waals surface area contributed by atoms with Crippen molar-refractivity contribution >= 4 is 34.1 Å². The second-order valence-corrected chi connectivity index (χ2v) is 9.50. The molecule has 4 aromatic rings. The molecule has 32 heavy (non-hydrogen) atoms. The maximum atomic E-state index is 6.38. The molecule has 1 aliphatic rings. The number of likely N-dealkylation sites (tertiary alicyclic amines) is 1. The average molecular weight is 464 g/mol. The van der Waals surface area contributed by atoms with E-state index in [4.69, 9.17) is 23.2 Å². The average Bonchev–Trinajstić information content (AvgIpc) is 3.18. The van der Waals surface area contributed by atoms with Crippen LogP contribution in [0.5, 0.6) is 0 Å². The number of benzene rings is 2. The maximum Gasteiger partial charge on any atom is 0.0501 e. The highest BCUT2D eigenvalue weighted by Gasteiger charge is 2.14. The van der Waals surface area contributed by atoms with Gasteiger partial charge in [-0.3, -0.25) is 4.98 Å². The van der Waals surface area contributed by atoms with Gasteiger partial charge in [-0.05, 0) is 74.8 Å². The van der Waals surface area contributed by atoms with Crippen molar-refractivity contribution in [3.05, 3.63) is 77.2 Å². The summed E-state index contributed by atoms with van der Waals surface area (Å²) < 4.78 is 2.36. The summed E-state index contributed by atoms with van der Waals surface area (Å²) in [7, 11) is 0. The molecule has 2 aromatic carbocycles. The van der Waals surface area contributed by atoms with E-state index in [9.17, 15) is 0 Å². The first-order valence-electron chi connectivity index (χ1n) is 11.4. The van der Waals surface area contributed by atoms with Crippen LogP contribution in [0.15, 0.2) is 67.1 Å². The zero-order valence-corrected chi connectivity index (χ0v) is 19.6. The maximum absolute atomic E-state index is 6.38. The third kappa shape index (κ3) is 4.71. The van der Waals surface area contributed by atoms with Crippen molar-refractivity contribution in [3.63, 3.8) is 0 Å². The van der Waals surface area contributed by atoms with E-state index in [1.54, 1.807) is 0 Å². The topological polar surface area (TPSA) is 21.1 Å². The summed E-state index contributed by atoms with van der Waals surface area (Å²) in [5.74, 6) is 0. The van der Waals surface area contributed by atoms with Gasteiger partial charge in [-0.25, -0.2) is 0 Å². The van der Waals surface area contributed by atoms with Gasteiger partial charge >= 0.3 is 0 Å². The largest absolute Gasteiger partial charge is 0.347 e. The van der Waals surface area contributed by atoms with Gasteiger partial charge in [0.25, 0.3) is 0 Å². The first-order valence-corrected chi connectivity index (χ1v) is 12.1. The number of aryl methyl sites for hydroxylation is 1. The molecular weight excluding hydrogens is 437 g/mol. The van der Waals surface area contributed by atoms with Gasteiger partial charge < -0.3 is 9.47 Å². The summed E-state index contributed by atoms with van der Waals surface area (Å²) in [6.07, 6.45) is 11.3. The quantitative estimate of drug-likeness (QED) is 0.294. The molecule has 0 radical (unpaired) electrons. The number of piperidine rings is 1. The lowest BCUT2D eigenvalue weighted by Crippen LogP contribution is -2.31. The zero-order valence-electron chi connectivity index (χ0n) is 18.1. The molecule has 0 amide bonds. The van der Waals surface area contributed by atoms with E-state index in [2.05, 4.69) is 38.8 Å². The van der Waals surface area contributed by atoms with Crippen LogP contribution >= 0.6 is 23.2 Å². The molecule has 0 bridgehead atoms. The van der Waals surface area contributed by atoms with Crippen molar-refractivity contribution in [1.82, 2.24) is 14.5 Å². The Morgan fingerprint density at radius 3 is 2.31 bits per heavy atom. The Bertz CT molecular complexity index is 1210. The predicted molar refractivity (Wildman–Crippen MR) is 136 cm³/mol. The molecule has 164 valence electrons. The molecule has 0 unspecified atom stereocenters. The van der Waals surface area contributed by atoms with Gasteiger partial charge in [0, 0.05) is 57.3 Å². The summed E-state index contributed by atoms with van der Waals surface area (Å²) in [6, 6.07) is 16.3. The Morgan fingerprint density at radius 2 is 1.50 bits per heavy atom. The molecule has 5 rings (SSSR count). The van der Waals surface area contributed by atoms with E-state index in [1.165, 1.54) is 48.8 Å². The lowest BCUT2D eigenvalue weighted by molar-refractivity contribution is 0.223. The molecule has 0 N–H and O–H groups in total. The number of hydrogen-bond donors (Lipinski definition) is 0. The summed E-state index contributed by atoms with van der Waals surface area (Å²) in [5.41, 5.74) is 5.68. The number of aromatic nitrogens is 2. The standard InChI is InChI=1S/C27H27Cl2N3/c28-23-7-5-20(6-8-23)21-15-22(18-30-17-21)26-19-32(27-16-24(29)9-10-25(26)27)14-4-13-31-11-2-1-3-12-31/h5-10,15-19H,1-4,11-14H2. The first kappa shape index (κ1) is 21.5. The Kier molecular flexibility index (Phi) is 6.49. The molecule has 3 nitrogen and oxygen atoms in total. The smallest absolute Gasteiger partial charge is 0.0501 e. The highest BCUT2D eigenvalue weighted by atomic mass is 35.5. The van der Waals surface area contributed by atoms with Crippen molar-refractivity contribution in [3.8, 4) is 22.3 Å². The predicted octanol–water partition coefficient (Wildman–Crippen LogP) is 7.55. The lowest BCUT2D eigenvalue weighted by Gasteiger charge is -2.26. The van der Waals surface area contributed by atoms with Crippen molar-refractivity contribution in [2.45, 2.75) is 32.2 Å². The van der Waals surface area contributed by atoms with Gasteiger partial charge in [0.15, 0.2) is 0 Å². The van der Waals surface area contributed by atoms with Crippen LogP contribution in [0.25, 0.3) is 33.2 Å². The van der Waals surface area contributed by atoms with Crippen LogP contribution < -0.4 is 0 Å². The van der Waals surface area contributed by atoms with E-state index in [-0.39, 0.29) is 0 Å².